The third-order valence-electron chi connectivity index (χ3n) is 3.40. The maximum Gasteiger partial charge on any atom is 0.141 e. The molecule has 0 saturated heterocycles. The van der Waals surface area contributed by atoms with E-state index >= 15 is 0 Å². The predicted octanol–water partition coefficient (Wildman–Crippen LogP) is 3.16. The number of aromatic nitrogens is 1. The first-order valence-electron chi connectivity index (χ1n) is 6.09. The fourth-order valence-electron chi connectivity index (χ4n) is 2.39. The van der Waals surface area contributed by atoms with Crippen LogP contribution in [0.2, 0.25) is 0 Å². The summed E-state index contributed by atoms with van der Waals surface area (Å²) in [7, 11) is 0. The molecule has 94 valence electrons. The highest BCUT2D eigenvalue weighted by atomic mass is 32.2. The van der Waals surface area contributed by atoms with Crippen LogP contribution in [-0.4, -0.2) is 22.5 Å². The van der Waals surface area contributed by atoms with Crippen LogP contribution in [0.25, 0.3) is 0 Å². The van der Waals surface area contributed by atoms with Crippen LogP contribution in [0.1, 0.15) is 37.9 Å². The Balaban J connectivity index is 1.89. The predicted molar refractivity (Wildman–Crippen MR) is 70.7 cm³/mol. The quantitative estimate of drug-likeness (QED) is 0.893. The van der Waals surface area contributed by atoms with E-state index in [2.05, 4.69) is 23.5 Å². The lowest BCUT2D eigenvalue weighted by molar-refractivity contribution is 0.454. The van der Waals surface area contributed by atoms with Gasteiger partial charge in [0.25, 0.3) is 0 Å². The number of hydrogen-bond acceptors (Lipinski definition) is 3. The van der Waals surface area contributed by atoms with Gasteiger partial charge in [-0.25, -0.2) is 4.39 Å². The van der Waals surface area contributed by atoms with Crippen molar-refractivity contribution >= 4 is 11.8 Å². The van der Waals surface area contributed by atoms with E-state index in [-0.39, 0.29) is 11.9 Å². The summed E-state index contributed by atoms with van der Waals surface area (Å²) in [5.41, 5.74) is 0.916. The van der Waals surface area contributed by atoms with Crippen LogP contribution in [0.15, 0.2) is 18.3 Å². The normalized spacial score (nSPS) is 26.1. The van der Waals surface area contributed by atoms with E-state index in [0.717, 1.165) is 10.9 Å². The molecule has 2 nitrogen and oxygen atoms in total. The second kappa shape index (κ2) is 5.83. The summed E-state index contributed by atoms with van der Waals surface area (Å²) in [6.45, 7) is 2.09. The van der Waals surface area contributed by atoms with Crippen LogP contribution in [-0.2, 0) is 0 Å². The molecule has 1 aromatic heterocycles. The van der Waals surface area contributed by atoms with Crippen LogP contribution < -0.4 is 5.32 Å². The number of nitrogens with one attached hydrogen (secondary N) is 1. The molecule has 0 radical (unpaired) electrons. The van der Waals surface area contributed by atoms with Crippen LogP contribution >= 0.6 is 11.8 Å². The Morgan fingerprint density at radius 2 is 2.29 bits per heavy atom. The molecule has 2 rings (SSSR count). The van der Waals surface area contributed by atoms with Crippen LogP contribution in [0.5, 0.6) is 0 Å². The summed E-state index contributed by atoms with van der Waals surface area (Å²) in [5, 5.41) is 4.37. The lowest BCUT2D eigenvalue weighted by Crippen LogP contribution is -2.30. The van der Waals surface area contributed by atoms with Crippen LogP contribution in [0.3, 0.4) is 0 Å². The number of pyridine rings is 1. The minimum Gasteiger partial charge on any atom is -0.306 e. The lowest BCUT2D eigenvalue weighted by Gasteiger charge is -2.19. The standard InChI is InChI=1S/C13H19FN2S/c1-9(13-6-3-10(14)8-15-13)16-11-4-5-12(7-11)17-2/h3,6,8-9,11-12,16H,4-5,7H2,1-2H3. The molecule has 1 aliphatic carbocycles. The van der Waals surface area contributed by atoms with E-state index in [1.54, 1.807) is 6.07 Å². The van der Waals surface area contributed by atoms with Crippen molar-refractivity contribution in [2.75, 3.05) is 6.26 Å². The maximum absolute atomic E-state index is 12.8. The molecule has 3 atom stereocenters. The van der Waals surface area contributed by atoms with E-state index in [4.69, 9.17) is 0 Å². The van der Waals surface area contributed by atoms with Crippen molar-refractivity contribution in [3.05, 3.63) is 29.8 Å². The Bertz CT molecular complexity index is 355. The third kappa shape index (κ3) is 3.42. The monoisotopic (exact) mass is 254 g/mol. The van der Waals surface area contributed by atoms with Crippen molar-refractivity contribution in [2.24, 2.45) is 0 Å². The van der Waals surface area contributed by atoms with Crippen molar-refractivity contribution in [1.82, 2.24) is 10.3 Å². The smallest absolute Gasteiger partial charge is 0.141 e. The van der Waals surface area contributed by atoms with Gasteiger partial charge in [-0.05, 0) is 44.6 Å². The van der Waals surface area contributed by atoms with Gasteiger partial charge in [-0.1, -0.05) is 0 Å². The molecule has 0 aromatic carbocycles. The zero-order chi connectivity index (χ0) is 12.3. The zero-order valence-corrected chi connectivity index (χ0v) is 11.1. The number of hydrogen-bond donors (Lipinski definition) is 1. The molecule has 1 N–H and O–H groups in total. The molecular formula is C13H19FN2S. The molecule has 0 bridgehead atoms. The molecular weight excluding hydrogens is 235 g/mol. The Morgan fingerprint density at radius 3 is 2.88 bits per heavy atom. The highest BCUT2D eigenvalue weighted by molar-refractivity contribution is 7.99. The molecule has 0 amide bonds. The molecule has 3 unspecified atom stereocenters. The van der Waals surface area contributed by atoms with Gasteiger partial charge in [-0.3, -0.25) is 4.98 Å². The second-order valence-electron chi connectivity index (χ2n) is 4.66. The van der Waals surface area contributed by atoms with Gasteiger partial charge in [0.05, 0.1) is 11.9 Å². The molecule has 0 spiro atoms. The van der Waals surface area contributed by atoms with Crippen molar-refractivity contribution in [1.29, 1.82) is 0 Å². The van der Waals surface area contributed by atoms with E-state index in [1.165, 1.54) is 31.5 Å². The topological polar surface area (TPSA) is 24.9 Å². The summed E-state index contributed by atoms with van der Waals surface area (Å²) < 4.78 is 12.8. The first-order chi connectivity index (χ1) is 8.19. The first kappa shape index (κ1) is 12.8. The Labute approximate surface area is 106 Å². The van der Waals surface area contributed by atoms with Crippen molar-refractivity contribution in [3.63, 3.8) is 0 Å². The molecule has 1 heterocycles. The number of halogens is 1. The molecule has 1 aromatic rings. The summed E-state index contributed by atoms with van der Waals surface area (Å²) in [4.78, 5) is 4.12. The van der Waals surface area contributed by atoms with Gasteiger partial charge in [0, 0.05) is 17.3 Å². The van der Waals surface area contributed by atoms with Gasteiger partial charge in [0.15, 0.2) is 0 Å². The van der Waals surface area contributed by atoms with E-state index < -0.39 is 0 Å². The van der Waals surface area contributed by atoms with Gasteiger partial charge in [-0.2, -0.15) is 11.8 Å². The number of nitrogens with zero attached hydrogens (tertiary/aromatic N) is 1. The molecule has 1 aliphatic rings. The van der Waals surface area contributed by atoms with Gasteiger partial charge in [0.1, 0.15) is 5.82 Å². The minimum absolute atomic E-state index is 0.196. The van der Waals surface area contributed by atoms with Crippen molar-refractivity contribution in [2.45, 2.75) is 43.5 Å². The van der Waals surface area contributed by atoms with Gasteiger partial charge in [-0.15, -0.1) is 0 Å². The SMILES string of the molecule is CSC1CCC(NC(C)c2ccc(F)cn2)C1. The fraction of sp³-hybridized carbons (Fsp3) is 0.615. The molecule has 17 heavy (non-hydrogen) atoms. The van der Waals surface area contributed by atoms with Gasteiger partial charge in [0.2, 0.25) is 0 Å². The Kier molecular flexibility index (Phi) is 4.40. The summed E-state index contributed by atoms with van der Waals surface area (Å²) >= 11 is 1.96. The minimum atomic E-state index is -0.274. The van der Waals surface area contributed by atoms with E-state index in [9.17, 15) is 4.39 Å². The summed E-state index contributed by atoms with van der Waals surface area (Å²) in [5.74, 6) is -0.274. The molecule has 1 saturated carbocycles. The average Bonchev–Trinajstić information content (AvgIpc) is 2.77. The fourth-order valence-corrected chi connectivity index (χ4v) is 3.18. The molecule has 0 aliphatic heterocycles. The van der Waals surface area contributed by atoms with Gasteiger partial charge < -0.3 is 5.32 Å². The number of thioether (sulfide) groups is 1. The Morgan fingerprint density at radius 1 is 1.47 bits per heavy atom. The largest absolute Gasteiger partial charge is 0.306 e. The third-order valence-corrected chi connectivity index (χ3v) is 4.49. The second-order valence-corrected chi connectivity index (χ2v) is 5.80. The van der Waals surface area contributed by atoms with E-state index in [1.807, 2.05) is 11.8 Å². The van der Waals surface area contributed by atoms with Crippen molar-refractivity contribution < 1.29 is 4.39 Å². The average molecular weight is 254 g/mol. The summed E-state index contributed by atoms with van der Waals surface area (Å²) in [6.07, 6.45) is 7.22. The highest BCUT2D eigenvalue weighted by Crippen LogP contribution is 2.29. The van der Waals surface area contributed by atoms with Crippen molar-refractivity contribution in [3.8, 4) is 0 Å². The van der Waals surface area contributed by atoms with Gasteiger partial charge >= 0.3 is 0 Å². The first-order valence-corrected chi connectivity index (χ1v) is 7.38. The van der Waals surface area contributed by atoms with E-state index in [0.29, 0.717) is 6.04 Å². The molecule has 4 heteroatoms. The Hall–Kier alpha value is -0.610. The zero-order valence-electron chi connectivity index (χ0n) is 10.3. The molecule has 1 fully saturated rings. The summed E-state index contributed by atoms with van der Waals surface area (Å²) in [6, 6.07) is 4.00. The number of rotatable bonds is 4. The lowest BCUT2D eigenvalue weighted by atomic mass is 10.1. The maximum atomic E-state index is 12.8. The van der Waals surface area contributed by atoms with Crippen LogP contribution in [0.4, 0.5) is 4.39 Å². The highest BCUT2D eigenvalue weighted by Gasteiger charge is 2.25. The van der Waals surface area contributed by atoms with Crippen LogP contribution in [0, 0.1) is 5.82 Å².